The first kappa shape index (κ1) is 22.3. The molecule has 0 amide bonds. The molecule has 7 nitrogen and oxygen atoms in total. The van der Waals surface area contributed by atoms with Gasteiger partial charge in [-0.25, -0.2) is 9.97 Å². The summed E-state index contributed by atoms with van der Waals surface area (Å²) in [6, 6.07) is 9.55. The van der Waals surface area contributed by atoms with Gasteiger partial charge in [-0.1, -0.05) is 13.8 Å². The van der Waals surface area contributed by atoms with E-state index < -0.39 is 6.10 Å². The molecule has 1 N–H and O–H groups in total. The number of aromatic nitrogens is 2. The lowest BCUT2D eigenvalue weighted by Gasteiger charge is -2.36. The third-order valence-corrected chi connectivity index (χ3v) is 5.12. The van der Waals surface area contributed by atoms with Gasteiger partial charge in [0.1, 0.15) is 35.9 Å². The van der Waals surface area contributed by atoms with E-state index in [1.807, 2.05) is 38.1 Å². The molecule has 1 unspecified atom stereocenters. The van der Waals surface area contributed by atoms with Gasteiger partial charge >= 0.3 is 0 Å². The second-order valence-electron chi connectivity index (χ2n) is 8.04. The molecule has 1 atom stereocenters. The highest BCUT2D eigenvalue weighted by Gasteiger charge is 2.21. The molecule has 1 aromatic carbocycles. The van der Waals surface area contributed by atoms with Crippen LogP contribution in [-0.2, 0) is 0 Å². The second kappa shape index (κ2) is 10.6. The summed E-state index contributed by atoms with van der Waals surface area (Å²) in [5.74, 6) is 3.78. The number of anilines is 1. The van der Waals surface area contributed by atoms with Crippen LogP contribution in [0.2, 0.25) is 0 Å². The van der Waals surface area contributed by atoms with Gasteiger partial charge < -0.3 is 19.5 Å². The van der Waals surface area contributed by atoms with E-state index in [0.717, 1.165) is 55.0 Å². The molecule has 7 heteroatoms. The lowest BCUT2D eigenvalue weighted by atomic mass is 10.2. The van der Waals surface area contributed by atoms with Crippen molar-refractivity contribution in [2.75, 3.05) is 50.8 Å². The van der Waals surface area contributed by atoms with Crippen LogP contribution in [0.15, 0.2) is 30.3 Å². The van der Waals surface area contributed by atoms with E-state index >= 15 is 0 Å². The van der Waals surface area contributed by atoms with Gasteiger partial charge in [-0.05, 0) is 38.1 Å². The van der Waals surface area contributed by atoms with Crippen LogP contribution in [0.25, 0.3) is 0 Å². The summed E-state index contributed by atoms with van der Waals surface area (Å²) in [7, 11) is 0. The molecule has 30 heavy (non-hydrogen) atoms. The highest BCUT2D eigenvalue weighted by atomic mass is 16.5. The maximum atomic E-state index is 10.4. The van der Waals surface area contributed by atoms with Gasteiger partial charge in [-0.3, -0.25) is 4.90 Å². The van der Waals surface area contributed by atoms with Crippen LogP contribution >= 0.6 is 0 Å². The van der Waals surface area contributed by atoms with Crippen molar-refractivity contribution in [2.45, 2.75) is 39.7 Å². The number of hydrogen-bond donors (Lipinski definition) is 1. The topological polar surface area (TPSA) is 71.0 Å². The van der Waals surface area contributed by atoms with Crippen molar-refractivity contribution in [3.8, 4) is 11.5 Å². The summed E-state index contributed by atoms with van der Waals surface area (Å²) >= 11 is 0. The molecule has 0 spiro atoms. The standard InChI is InChI=1S/C23H34N4O3/c1-5-29-20-6-8-21(9-7-20)30-16-19(28)15-26-10-12-27(13-11-26)22-14-18(4)24-23(25-22)17(2)3/h6-9,14,17,19,28H,5,10-13,15-16H2,1-4H3. The highest BCUT2D eigenvalue weighted by molar-refractivity contribution is 5.40. The zero-order valence-corrected chi connectivity index (χ0v) is 18.5. The van der Waals surface area contributed by atoms with E-state index in [4.69, 9.17) is 14.5 Å². The van der Waals surface area contributed by atoms with Crippen molar-refractivity contribution in [3.05, 3.63) is 41.9 Å². The lowest BCUT2D eigenvalue weighted by Crippen LogP contribution is -2.49. The van der Waals surface area contributed by atoms with Crippen LogP contribution in [0, 0.1) is 6.92 Å². The molecule has 0 radical (unpaired) electrons. The van der Waals surface area contributed by atoms with Crippen LogP contribution in [-0.4, -0.2) is 72.0 Å². The van der Waals surface area contributed by atoms with E-state index in [2.05, 4.69) is 34.7 Å². The van der Waals surface area contributed by atoms with E-state index in [1.54, 1.807) is 0 Å². The van der Waals surface area contributed by atoms with E-state index in [0.29, 0.717) is 19.1 Å². The van der Waals surface area contributed by atoms with Gasteiger partial charge in [0, 0.05) is 50.4 Å². The lowest BCUT2D eigenvalue weighted by molar-refractivity contribution is 0.0662. The van der Waals surface area contributed by atoms with Gasteiger partial charge in [-0.15, -0.1) is 0 Å². The maximum Gasteiger partial charge on any atom is 0.133 e. The molecule has 1 saturated heterocycles. The van der Waals surface area contributed by atoms with Gasteiger partial charge in [0.05, 0.1) is 6.61 Å². The van der Waals surface area contributed by atoms with Crippen molar-refractivity contribution in [2.24, 2.45) is 0 Å². The Morgan fingerprint density at radius 3 is 2.23 bits per heavy atom. The summed E-state index contributed by atoms with van der Waals surface area (Å²) in [4.78, 5) is 13.9. The van der Waals surface area contributed by atoms with Crippen LogP contribution in [0.5, 0.6) is 11.5 Å². The van der Waals surface area contributed by atoms with Crippen molar-refractivity contribution in [1.29, 1.82) is 0 Å². The molecule has 1 aliphatic rings. The minimum Gasteiger partial charge on any atom is -0.494 e. The maximum absolute atomic E-state index is 10.4. The Balaban J connectivity index is 1.44. The van der Waals surface area contributed by atoms with E-state index in [9.17, 15) is 5.11 Å². The number of benzene rings is 1. The number of hydrogen-bond acceptors (Lipinski definition) is 7. The summed E-state index contributed by atoms with van der Waals surface area (Å²) in [5.41, 5.74) is 1.01. The first-order chi connectivity index (χ1) is 14.4. The van der Waals surface area contributed by atoms with E-state index in [-0.39, 0.29) is 6.61 Å². The Kier molecular flexibility index (Phi) is 7.87. The number of aliphatic hydroxyl groups excluding tert-OH is 1. The predicted octanol–water partition coefficient (Wildman–Crippen LogP) is 2.87. The van der Waals surface area contributed by atoms with Crippen molar-refractivity contribution in [3.63, 3.8) is 0 Å². The molecule has 2 aromatic rings. The normalized spacial score (nSPS) is 16.0. The van der Waals surface area contributed by atoms with Crippen LogP contribution in [0.3, 0.4) is 0 Å². The second-order valence-corrected chi connectivity index (χ2v) is 8.04. The Bertz CT molecular complexity index is 790. The van der Waals surface area contributed by atoms with Crippen LogP contribution < -0.4 is 14.4 Å². The molecule has 1 aromatic heterocycles. The van der Waals surface area contributed by atoms with Crippen molar-refractivity contribution in [1.82, 2.24) is 14.9 Å². The average Bonchev–Trinajstić information content (AvgIpc) is 2.73. The molecular formula is C23H34N4O3. The minimum atomic E-state index is -0.531. The Morgan fingerprint density at radius 1 is 1.00 bits per heavy atom. The monoisotopic (exact) mass is 414 g/mol. The Labute approximate surface area is 179 Å². The third-order valence-electron chi connectivity index (χ3n) is 5.12. The fourth-order valence-corrected chi connectivity index (χ4v) is 3.50. The van der Waals surface area contributed by atoms with Gasteiger partial charge in [0.2, 0.25) is 0 Å². The Hall–Kier alpha value is -2.38. The summed E-state index contributed by atoms with van der Waals surface area (Å²) < 4.78 is 11.2. The minimum absolute atomic E-state index is 0.275. The molecule has 1 fully saturated rings. The van der Waals surface area contributed by atoms with Crippen molar-refractivity contribution < 1.29 is 14.6 Å². The predicted molar refractivity (Wildman–Crippen MR) is 119 cm³/mol. The SMILES string of the molecule is CCOc1ccc(OCC(O)CN2CCN(c3cc(C)nc(C(C)C)n3)CC2)cc1. The molecule has 164 valence electrons. The Morgan fingerprint density at radius 2 is 1.63 bits per heavy atom. The zero-order chi connectivity index (χ0) is 21.5. The third kappa shape index (κ3) is 6.31. The fourth-order valence-electron chi connectivity index (χ4n) is 3.50. The molecular weight excluding hydrogens is 380 g/mol. The van der Waals surface area contributed by atoms with Crippen molar-refractivity contribution >= 4 is 5.82 Å². The number of aryl methyl sites for hydroxylation is 1. The van der Waals surface area contributed by atoms with E-state index in [1.165, 1.54) is 0 Å². The zero-order valence-electron chi connectivity index (χ0n) is 18.5. The van der Waals surface area contributed by atoms with Crippen LogP contribution in [0.1, 0.15) is 38.2 Å². The number of aliphatic hydroxyl groups is 1. The molecule has 0 bridgehead atoms. The number of rotatable bonds is 9. The molecule has 3 rings (SSSR count). The summed E-state index contributed by atoms with van der Waals surface area (Å²) in [6.07, 6.45) is -0.531. The van der Waals surface area contributed by atoms with Crippen LogP contribution in [0.4, 0.5) is 5.82 Å². The first-order valence-electron chi connectivity index (χ1n) is 10.8. The fraction of sp³-hybridized carbons (Fsp3) is 0.565. The molecule has 0 saturated carbocycles. The quantitative estimate of drug-likeness (QED) is 0.676. The van der Waals surface area contributed by atoms with Gasteiger partial charge in [0.15, 0.2) is 0 Å². The molecule has 2 heterocycles. The first-order valence-corrected chi connectivity index (χ1v) is 10.8. The molecule has 1 aliphatic heterocycles. The van der Waals surface area contributed by atoms with Gasteiger partial charge in [0.25, 0.3) is 0 Å². The molecule has 0 aliphatic carbocycles. The average molecular weight is 415 g/mol. The number of piperazine rings is 1. The number of β-amino-alcohol motifs (C(OH)–C–C–N with tert-alkyl or cyclic N) is 1. The number of ether oxygens (including phenoxy) is 2. The summed E-state index contributed by atoms with van der Waals surface area (Å²) in [6.45, 7) is 13.3. The van der Waals surface area contributed by atoms with Gasteiger partial charge in [-0.2, -0.15) is 0 Å². The smallest absolute Gasteiger partial charge is 0.133 e. The largest absolute Gasteiger partial charge is 0.494 e. The number of nitrogens with zero attached hydrogens (tertiary/aromatic N) is 4. The summed E-state index contributed by atoms with van der Waals surface area (Å²) in [5, 5.41) is 10.4. The highest BCUT2D eigenvalue weighted by Crippen LogP contribution is 2.20.